The molecule has 1 aliphatic heterocycles. The van der Waals surface area contributed by atoms with Crippen molar-refractivity contribution in [3.63, 3.8) is 0 Å². The fourth-order valence-corrected chi connectivity index (χ4v) is 4.07. The van der Waals surface area contributed by atoms with E-state index < -0.39 is 0 Å². The molecule has 3 unspecified atom stereocenters. The van der Waals surface area contributed by atoms with Gasteiger partial charge >= 0.3 is 0 Å². The van der Waals surface area contributed by atoms with Crippen molar-refractivity contribution in [1.82, 2.24) is 4.90 Å². The lowest BCUT2D eigenvalue weighted by Crippen LogP contribution is -2.29. The summed E-state index contributed by atoms with van der Waals surface area (Å²) in [6, 6.07) is 9.76. The lowest BCUT2D eigenvalue weighted by atomic mass is 10.0. The lowest BCUT2D eigenvalue weighted by Gasteiger charge is -2.25. The standard InChI is InChI=1S/C23H27NO4/c1-15-13-19(15)21-10-7-16(28-21)8-11-23(25)24-12-4-5-20(24)18-9-6-17(26-2)14-22(18)27-3/h6-11,14-15,19-20H,4-5,12-13H2,1-3H3/b11-8+. The van der Waals surface area contributed by atoms with Crippen LogP contribution in [0.25, 0.3) is 6.08 Å². The Hall–Kier alpha value is -2.69. The van der Waals surface area contributed by atoms with Crippen molar-refractivity contribution in [2.24, 2.45) is 5.92 Å². The number of amides is 1. The second-order valence-electron chi connectivity index (χ2n) is 7.69. The maximum Gasteiger partial charge on any atom is 0.247 e. The minimum atomic E-state index is -0.00175. The summed E-state index contributed by atoms with van der Waals surface area (Å²) in [5.41, 5.74) is 1.02. The summed E-state index contributed by atoms with van der Waals surface area (Å²) in [6.45, 7) is 2.97. The van der Waals surface area contributed by atoms with Crippen molar-refractivity contribution in [3.05, 3.63) is 53.5 Å². The van der Waals surface area contributed by atoms with Gasteiger partial charge in [-0.3, -0.25) is 4.79 Å². The van der Waals surface area contributed by atoms with Gasteiger partial charge in [0.15, 0.2) is 0 Å². The lowest BCUT2D eigenvalue weighted by molar-refractivity contribution is -0.126. The monoisotopic (exact) mass is 381 g/mol. The molecule has 1 aliphatic carbocycles. The molecule has 5 nitrogen and oxygen atoms in total. The highest BCUT2D eigenvalue weighted by Gasteiger charge is 2.36. The van der Waals surface area contributed by atoms with Gasteiger partial charge in [-0.05, 0) is 55.5 Å². The molecule has 0 bridgehead atoms. The number of carbonyl (C=O) groups is 1. The molecule has 2 aliphatic rings. The number of furan rings is 1. The predicted octanol–water partition coefficient (Wildman–Crippen LogP) is 4.80. The number of rotatable bonds is 6. The number of carbonyl (C=O) groups excluding carboxylic acids is 1. The fourth-order valence-electron chi connectivity index (χ4n) is 4.07. The van der Waals surface area contributed by atoms with Crippen molar-refractivity contribution in [2.75, 3.05) is 20.8 Å². The molecule has 28 heavy (non-hydrogen) atoms. The summed E-state index contributed by atoms with van der Waals surface area (Å²) >= 11 is 0. The summed E-state index contributed by atoms with van der Waals surface area (Å²) in [7, 11) is 3.28. The molecule has 2 aromatic rings. The normalized spacial score (nSPS) is 24.0. The van der Waals surface area contributed by atoms with Crippen LogP contribution in [0.3, 0.4) is 0 Å². The largest absolute Gasteiger partial charge is 0.497 e. The third-order valence-corrected chi connectivity index (χ3v) is 5.85. The maximum atomic E-state index is 12.9. The van der Waals surface area contributed by atoms with Crippen molar-refractivity contribution in [2.45, 2.75) is 38.1 Å². The Labute approximate surface area is 165 Å². The molecule has 4 rings (SSSR count). The fraction of sp³-hybridized carbons (Fsp3) is 0.435. The average Bonchev–Trinajstić information content (AvgIpc) is 3.13. The number of benzene rings is 1. The van der Waals surface area contributed by atoms with Crippen LogP contribution in [0, 0.1) is 5.92 Å². The first-order valence-corrected chi connectivity index (χ1v) is 9.91. The molecule has 3 atom stereocenters. The van der Waals surface area contributed by atoms with Crippen molar-refractivity contribution >= 4 is 12.0 Å². The van der Waals surface area contributed by atoms with E-state index in [-0.39, 0.29) is 11.9 Å². The number of hydrogen-bond acceptors (Lipinski definition) is 4. The van der Waals surface area contributed by atoms with E-state index in [1.54, 1.807) is 26.4 Å². The molecule has 2 heterocycles. The number of ether oxygens (including phenoxy) is 2. The Balaban J connectivity index is 1.48. The summed E-state index contributed by atoms with van der Waals surface area (Å²) < 4.78 is 16.7. The van der Waals surface area contributed by atoms with Crippen molar-refractivity contribution < 1.29 is 18.7 Å². The third-order valence-electron chi connectivity index (χ3n) is 5.85. The summed E-state index contributed by atoms with van der Waals surface area (Å²) in [4.78, 5) is 14.8. The number of nitrogens with zero attached hydrogens (tertiary/aromatic N) is 1. The Morgan fingerprint density at radius 1 is 1.21 bits per heavy atom. The van der Waals surface area contributed by atoms with E-state index in [2.05, 4.69) is 6.92 Å². The van der Waals surface area contributed by atoms with E-state index >= 15 is 0 Å². The van der Waals surface area contributed by atoms with Crippen LogP contribution in [-0.2, 0) is 4.79 Å². The van der Waals surface area contributed by atoms with Crippen LogP contribution in [0.5, 0.6) is 11.5 Å². The van der Waals surface area contributed by atoms with Gasteiger partial charge in [-0.1, -0.05) is 6.92 Å². The molecule has 2 fully saturated rings. The maximum absolute atomic E-state index is 12.9. The zero-order valence-electron chi connectivity index (χ0n) is 16.7. The second-order valence-corrected chi connectivity index (χ2v) is 7.69. The molecule has 1 saturated carbocycles. The molecule has 148 valence electrons. The average molecular weight is 381 g/mol. The molecule has 0 radical (unpaired) electrons. The molecular formula is C23H27NO4. The highest BCUT2D eigenvalue weighted by Crippen LogP contribution is 2.47. The van der Waals surface area contributed by atoms with Gasteiger partial charge in [-0.15, -0.1) is 0 Å². The molecule has 1 amide bonds. The first-order chi connectivity index (χ1) is 13.6. The van der Waals surface area contributed by atoms with Crippen molar-refractivity contribution in [3.8, 4) is 11.5 Å². The van der Waals surface area contributed by atoms with E-state index in [9.17, 15) is 4.79 Å². The minimum Gasteiger partial charge on any atom is -0.497 e. The molecular weight excluding hydrogens is 354 g/mol. The van der Waals surface area contributed by atoms with Gasteiger partial charge in [0.05, 0.1) is 20.3 Å². The topological polar surface area (TPSA) is 51.9 Å². The van der Waals surface area contributed by atoms with Gasteiger partial charge in [0.2, 0.25) is 5.91 Å². The highest BCUT2D eigenvalue weighted by atomic mass is 16.5. The van der Waals surface area contributed by atoms with Crippen LogP contribution < -0.4 is 9.47 Å². The molecule has 1 aromatic carbocycles. The van der Waals surface area contributed by atoms with Gasteiger partial charge in [-0.25, -0.2) is 0 Å². The third kappa shape index (κ3) is 3.66. The van der Waals surface area contributed by atoms with Crippen LogP contribution in [0.1, 0.15) is 55.2 Å². The minimum absolute atomic E-state index is 0.00175. The van der Waals surface area contributed by atoms with Gasteiger partial charge in [0.1, 0.15) is 23.0 Å². The van der Waals surface area contributed by atoms with Gasteiger partial charge < -0.3 is 18.8 Å². The highest BCUT2D eigenvalue weighted by molar-refractivity contribution is 5.92. The molecule has 0 spiro atoms. The van der Waals surface area contributed by atoms with Crippen LogP contribution in [-0.4, -0.2) is 31.6 Å². The molecule has 5 heteroatoms. The second kappa shape index (κ2) is 7.74. The smallest absolute Gasteiger partial charge is 0.247 e. The SMILES string of the molecule is COc1ccc(C2CCCN2C(=O)/C=C/c2ccc(C3CC3C)o2)c(OC)c1. The first-order valence-electron chi connectivity index (χ1n) is 9.91. The molecule has 0 N–H and O–H groups in total. The predicted molar refractivity (Wildman–Crippen MR) is 107 cm³/mol. The van der Waals surface area contributed by atoms with Gasteiger partial charge in [0.25, 0.3) is 0 Å². The number of likely N-dealkylation sites (tertiary alicyclic amines) is 1. The Morgan fingerprint density at radius 2 is 2.04 bits per heavy atom. The van der Waals surface area contributed by atoms with E-state index in [1.165, 1.54) is 6.42 Å². The van der Waals surface area contributed by atoms with Crippen LogP contribution in [0.15, 0.2) is 40.8 Å². The molecule has 1 saturated heterocycles. The summed E-state index contributed by atoms with van der Waals surface area (Å²) in [5, 5.41) is 0. The Bertz CT molecular complexity index is 884. The van der Waals surface area contributed by atoms with Crippen LogP contribution in [0.2, 0.25) is 0 Å². The number of methoxy groups -OCH3 is 2. The summed E-state index contributed by atoms with van der Waals surface area (Å²) in [6.07, 6.45) is 6.48. The van der Waals surface area contributed by atoms with Crippen LogP contribution >= 0.6 is 0 Å². The Kier molecular flexibility index (Phi) is 5.16. The first kappa shape index (κ1) is 18.7. The van der Waals surface area contributed by atoms with Crippen LogP contribution in [0.4, 0.5) is 0 Å². The van der Waals surface area contributed by atoms with E-state index in [0.717, 1.165) is 48.0 Å². The number of hydrogen-bond donors (Lipinski definition) is 0. The quantitative estimate of drug-likeness (QED) is 0.675. The van der Waals surface area contributed by atoms with Crippen molar-refractivity contribution in [1.29, 1.82) is 0 Å². The molecule has 1 aromatic heterocycles. The summed E-state index contributed by atoms with van der Waals surface area (Å²) in [5.74, 6) is 4.51. The van der Waals surface area contributed by atoms with E-state index in [0.29, 0.717) is 11.8 Å². The zero-order valence-corrected chi connectivity index (χ0v) is 16.7. The van der Waals surface area contributed by atoms with E-state index in [1.807, 2.05) is 35.2 Å². The Morgan fingerprint density at radius 3 is 2.75 bits per heavy atom. The van der Waals surface area contributed by atoms with Gasteiger partial charge in [0, 0.05) is 30.2 Å². The zero-order chi connectivity index (χ0) is 19.7. The van der Waals surface area contributed by atoms with Gasteiger partial charge in [-0.2, -0.15) is 0 Å². The van der Waals surface area contributed by atoms with E-state index in [4.69, 9.17) is 13.9 Å².